The lowest BCUT2D eigenvalue weighted by atomic mass is 10.1. The molecule has 1 fully saturated rings. The zero-order valence-corrected chi connectivity index (χ0v) is 14.2. The molecule has 0 bridgehead atoms. The van der Waals surface area contributed by atoms with Gasteiger partial charge in [0.15, 0.2) is 0 Å². The number of nitrogens with one attached hydrogen (secondary N) is 1. The fourth-order valence-electron chi connectivity index (χ4n) is 2.74. The van der Waals surface area contributed by atoms with Crippen molar-refractivity contribution in [2.45, 2.75) is 13.0 Å². The molecule has 1 N–H and O–H groups in total. The van der Waals surface area contributed by atoms with Crippen LogP contribution in [0.15, 0.2) is 42.7 Å². The monoisotopic (exact) mass is 342 g/mol. The van der Waals surface area contributed by atoms with Crippen LogP contribution in [0.1, 0.15) is 12.0 Å². The molecule has 1 aliphatic rings. The van der Waals surface area contributed by atoms with Gasteiger partial charge < -0.3 is 15.0 Å². The van der Waals surface area contributed by atoms with E-state index in [9.17, 15) is 9.59 Å². The molecule has 25 heavy (non-hydrogen) atoms. The number of amides is 2. The topological polar surface area (TPSA) is 76.5 Å². The molecular weight excluding hydrogens is 320 g/mol. The SMILES string of the molecule is CN(Cc1cnn(-c2ccccc2)c1)C(=O)C(=O)NCC1CCOC1. The van der Waals surface area contributed by atoms with E-state index in [-0.39, 0.29) is 0 Å². The molecule has 1 saturated heterocycles. The molecule has 1 aromatic heterocycles. The Morgan fingerprint density at radius 1 is 1.36 bits per heavy atom. The minimum absolute atomic E-state index is 0.297. The number of rotatable bonds is 5. The van der Waals surface area contributed by atoms with E-state index >= 15 is 0 Å². The van der Waals surface area contributed by atoms with Crippen molar-refractivity contribution >= 4 is 11.8 Å². The Morgan fingerprint density at radius 2 is 2.16 bits per heavy atom. The molecule has 7 nitrogen and oxygen atoms in total. The van der Waals surface area contributed by atoms with E-state index in [0.29, 0.717) is 25.6 Å². The van der Waals surface area contributed by atoms with Gasteiger partial charge in [0.25, 0.3) is 0 Å². The van der Waals surface area contributed by atoms with Gasteiger partial charge in [0, 0.05) is 44.4 Å². The number of carbonyl (C=O) groups excluding carboxylic acids is 2. The molecule has 7 heteroatoms. The quantitative estimate of drug-likeness (QED) is 0.822. The lowest BCUT2D eigenvalue weighted by Gasteiger charge is -2.16. The molecule has 0 aliphatic carbocycles. The summed E-state index contributed by atoms with van der Waals surface area (Å²) in [6.07, 6.45) is 4.47. The Morgan fingerprint density at radius 3 is 2.88 bits per heavy atom. The molecule has 1 aromatic carbocycles. The van der Waals surface area contributed by atoms with Crippen LogP contribution in [0.5, 0.6) is 0 Å². The highest BCUT2D eigenvalue weighted by molar-refractivity contribution is 6.34. The van der Waals surface area contributed by atoms with Crippen molar-refractivity contribution in [3.63, 3.8) is 0 Å². The minimum Gasteiger partial charge on any atom is -0.381 e. The van der Waals surface area contributed by atoms with Gasteiger partial charge in [-0.25, -0.2) is 4.68 Å². The number of aromatic nitrogens is 2. The Kier molecular flexibility index (Phi) is 5.45. The first kappa shape index (κ1) is 17.2. The van der Waals surface area contributed by atoms with Crippen LogP contribution < -0.4 is 5.32 Å². The second-order valence-corrected chi connectivity index (χ2v) is 6.23. The third-order valence-corrected chi connectivity index (χ3v) is 4.19. The summed E-state index contributed by atoms with van der Waals surface area (Å²) in [6.45, 7) is 2.17. The van der Waals surface area contributed by atoms with Crippen molar-refractivity contribution in [2.75, 3.05) is 26.8 Å². The fraction of sp³-hybridized carbons (Fsp3) is 0.389. The van der Waals surface area contributed by atoms with Gasteiger partial charge in [-0.3, -0.25) is 9.59 Å². The normalized spacial score (nSPS) is 16.6. The molecule has 1 aliphatic heterocycles. The van der Waals surface area contributed by atoms with E-state index in [2.05, 4.69) is 10.4 Å². The average Bonchev–Trinajstić information content (AvgIpc) is 3.31. The molecule has 1 unspecified atom stereocenters. The van der Waals surface area contributed by atoms with Gasteiger partial charge in [0.2, 0.25) is 0 Å². The minimum atomic E-state index is -0.579. The summed E-state index contributed by atoms with van der Waals surface area (Å²) in [5.74, 6) is -0.831. The van der Waals surface area contributed by atoms with E-state index in [1.807, 2.05) is 36.5 Å². The summed E-state index contributed by atoms with van der Waals surface area (Å²) in [5.41, 5.74) is 1.80. The predicted molar refractivity (Wildman–Crippen MR) is 92.0 cm³/mol. The van der Waals surface area contributed by atoms with Crippen LogP contribution in [0, 0.1) is 5.92 Å². The van der Waals surface area contributed by atoms with Crippen LogP contribution in [-0.2, 0) is 20.9 Å². The van der Waals surface area contributed by atoms with Gasteiger partial charge in [-0.15, -0.1) is 0 Å². The molecular formula is C18H22N4O3. The summed E-state index contributed by atoms with van der Waals surface area (Å²) in [5, 5.41) is 6.99. The molecule has 1 atom stereocenters. The summed E-state index contributed by atoms with van der Waals surface area (Å²) >= 11 is 0. The van der Waals surface area contributed by atoms with Gasteiger partial charge >= 0.3 is 11.8 Å². The predicted octanol–water partition coefficient (Wildman–Crippen LogP) is 0.983. The highest BCUT2D eigenvalue weighted by atomic mass is 16.5. The average molecular weight is 342 g/mol. The maximum atomic E-state index is 12.2. The highest BCUT2D eigenvalue weighted by Crippen LogP contribution is 2.11. The first-order valence-corrected chi connectivity index (χ1v) is 8.33. The molecule has 2 amide bonds. The Hall–Kier alpha value is -2.67. The molecule has 2 heterocycles. The van der Waals surface area contributed by atoms with Crippen molar-refractivity contribution in [3.8, 4) is 5.69 Å². The van der Waals surface area contributed by atoms with Gasteiger partial charge in [-0.2, -0.15) is 5.10 Å². The second kappa shape index (κ2) is 7.94. The van der Waals surface area contributed by atoms with Crippen LogP contribution in [-0.4, -0.2) is 53.3 Å². The van der Waals surface area contributed by atoms with E-state index in [1.165, 1.54) is 4.90 Å². The van der Waals surface area contributed by atoms with Gasteiger partial charge in [0.05, 0.1) is 18.5 Å². The molecule has 0 spiro atoms. The van der Waals surface area contributed by atoms with E-state index in [4.69, 9.17) is 4.74 Å². The first-order valence-electron chi connectivity index (χ1n) is 8.33. The zero-order chi connectivity index (χ0) is 17.6. The van der Waals surface area contributed by atoms with Gasteiger partial charge in [0.1, 0.15) is 0 Å². The van der Waals surface area contributed by atoms with Crippen molar-refractivity contribution in [1.82, 2.24) is 20.0 Å². The molecule has 3 rings (SSSR count). The number of hydrogen-bond donors (Lipinski definition) is 1. The standard InChI is InChI=1S/C18H22N4O3/c1-21(18(24)17(23)19-9-14-7-8-25-13-14)11-15-10-20-22(12-15)16-5-3-2-4-6-16/h2-6,10,12,14H,7-9,11,13H2,1H3,(H,19,23). The van der Waals surface area contributed by atoms with Crippen molar-refractivity contribution in [1.29, 1.82) is 0 Å². The third kappa shape index (κ3) is 4.45. The van der Waals surface area contributed by atoms with E-state index < -0.39 is 11.8 Å². The first-order chi connectivity index (χ1) is 12.1. The number of benzene rings is 1. The van der Waals surface area contributed by atoms with E-state index in [1.54, 1.807) is 17.9 Å². The Balaban J connectivity index is 1.52. The molecule has 132 valence electrons. The zero-order valence-electron chi connectivity index (χ0n) is 14.2. The molecule has 0 saturated carbocycles. The summed E-state index contributed by atoms with van der Waals surface area (Å²) in [6, 6.07) is 9.71. The van der Waals surface area contributed by atoms with Crippen LogP contribution in [0.4, 0.5) is 0 Å². The van der Waals surface area contributed by atoms with Gasteiger partial charge in [-0.05, 0) is 18.6 Å². The number of nitrogens with zero attached hydrogens (tertiary/aromatic N) is 3. The summed E-state index contributed by atoms with van der Waals surface area (Å²) in [7, 11) is 1.61. The highest BCUT2D eigenvalue weighted by Gasteiger charge is 2.22. The summed E-state index contributed by atoms with van der Waals surface area (Å²) < 4.78 is 7.00. The number of para-hydroxylation sites is 1. The number of hydrogen-bond acceptors (Lipinski definition) is 4. The molecule has 2 aromatic rings. The fourth-order valence-corrected chi connectivity index (χ4v) is 2.74. The van der Waals surface area contributed by atoms with E-state index in [0.717, 1.165) is 24.3 Å². The molecule has 0 radical (unpaired) electrons. The number of carbonyl (C=O) groups is 2. The Labute approximate surface area is 146 Å². The van der Waals surface area contributed by atoms with Crippen LogP contribution >= 0.6 is 0 Å². The van der Waals surface area contributed by atoms with Crippen LogP contribution in [0.25, 0.3) is 5.69 Å². The smallest absolute Gasteiger partial charge is 0.311 e. The van der Waals surface area contributed by atoms with Crippen LogP contribution in [0.3, 0.4) is 0 Å². The largest absolute Gasteiger partial charge is 0.381 e. The lowest BCUT2D eigenvalue weighted by Crippen LogP contribution is -2.42. The van der Waals surface area contributed by atoms with Crippen molar-refractivity contribution in [2.24, 2.45) is 5.92 Å². The Bertz CT molecular complexity index is 723. The maximum absolute atomic E-state index is 12.2. The van der Waals surface area contributed by atoms with Crippen molar-refractivity contribution < 1.29 is 14.3 Å². The van der Waals surface area contributed by atoms with Crippen LogP contribution in [0.2, 0.25) is 0 Å². The summed E-state index contributed by atoms with van der Waals surface area (Å²) in [4.78, 5) is 25.6. The third-order valence-electron chi connectivity index (χ3n) is 4.19. The number of ether oxygens (including phenoxy) is 1. The van der Waals surface area contributed by atoms with Gasteiger partial charge in [-0.1, -0.05) is 18.2 Å². The lowest BCUT2D eigenvalue weighted by molar-refractivity contribution is -0.145. The van der Waals surface area contributed by atoms with Crippen molar-refractivity contribution in [3.05, 3.63) is 48.3 Å². The maximum Gasteiger partial charge on any atom is 0.311 e. The second-order valence-electron chi connectivity index (χ2n) is 6.23. The number of likely N-dealkylation sites (N-methyl/N-ethyl adjacent to an activating group) is 1.